The number of hydrogen-bond donors (Lipinski definition) is 2. The Morgan fingerprint density at radius 1 is 1.21 bits per heavy atom. The fraction of sp³-hybridized carbons (Fsp3) is 0.143. The van der Waals surface area contributed by atoms with Crippen LogP contribution in [0, 0.1) is 0 Å². The summed E-state index contributed by atoms with van der Waals surface area (Å²) in [5, 5.41) is 0. The van der Waals surface area contributed by atoms with Gasteiger partial charge in [-0.05, 0) is 30.3 Å². The van der Waals surface area contributed by atoms with Crippen molar-refractivity contribution in [1.82, 2.24) is 0 Å². The predicted molar refractivity (Wildman–Crippen MR) is 74.0 cm³/mol. The molecule has 0 aromatic heterocycles. The zero-order valence-corrected chi connectivity index (χ0v) is 10.6. The van der Waals surface area contributed by atoms with E-state index in [0.717, 1.165) is 6.08 Å². The Hall–Kier alpha value is -2.43. The van der Waals surface area contributed by atoms with E-state index in [1.807, 2.05) is 0 Å². The molecule has 1 rings (SSSR count). The number of ether oxygens (including phenoxy) is 2. The molecule has 19 heavy (non-hydrogen) atoms. The van der Waals surface area contributed by atoms with Crippen molar-refractivity contribution in [1.29, 1.82) is 0 Å². The molecule has 4 N–H and O–H groups in total. The molecular weight excluding hydrogens is 247 g/mol. The Labute approximate surface area is 111 Å². The molecule has 0 heterocycles. The Morgan fingerprint density at radius 3 is 2.42 bits per heavy atom. The molecule has 0 atom stereocenters. The standard InChI is InChI=1S/C14H17FN2O2/c1-10(16)9-14(15)11(2)18-7-8-19-13-5-3-12(17)4-6-13/h3-6,9H,1-2,7-8,16-17H2/b14-9+. The van der Waals surface area contributed by atoms with Crippen LogP contribution in [0.5, 0.6) is 5.75 Å². The molecule has 0 saturated heterocycles. The quantitative estimate of drug-likeness (QED) is 0.343. The first-order chi connectivity index (χ1) is 8.99. The minimum atomic E-state index is -0.653. The van der Waals surface area contributed by atoms with Crippen LogP contribution in [0.3, 0.4) is 0 Å². The molecule has 0 amide bonds. The topological polar surface area (TPSA) is 70.5 Å². The van der Waals surface area contributed by atoms with Crippen LogP contribution in [0.1, 0.15) is 0 Å². The third-order valence-corrected chi connectivity index (χ3v) is 2.09. The maximum Gasteiger partial charge on any atom is 0.166 e. The molecule has 0 aliphatic heterocycles. The minimum Gasteiger partial charge on any atom is -0.490 e. The molecule has 1 aromatic carbocycles. The maximum absolute atomic E-state index is 13.3. The van der Waals surface area contributed by atoms with Crippen molar-refractivity contribution >= 4 is 5.69 Å². The molecule has 5 heteroatoms. The lowest BCUT2D eigenvalue weighted by atomic mass is 10.3. The Balaban J connectivity index is 2.29. The first-order valence-electron chi connectivity index (χ1n) is 5.61. The second kappa shape index (κ2) is 7.10. The summed E-state index contributed by atoms with van der Waals surface area (Å²) in [5.41, 5.74) is 11.5. The van der Waals surface area contributed by atoms with Gasteiger partial charge in [-0.3, -0.25) is 0 Å². The lowest BCUT2D eigenvalue weighted by Crippen LogP contribution is -2.06. The average molecular weight is 264 g/mol. The van der Waals surface area contributed by atoms with Gasteiger partial charge in [-0.2, -0.15) is 0 Å². The largest absolute Gasteiger partial charge is 0.490 e. The highest BCUT2D eigenvalue weighted by molar-refractivity contribution is 5.41. The molecule has 1 aromatic rings. The van der Waals surface area contributed by atoms with Gasteiger partial charge in [0.2, 0.25) is 0 Å². The van der Waals surface area contributed by atoms with E-state index in [2.05, 4.69) is 13.2 Å². The van der Waals surface area contributed by atoms with Crippen molar-refractivity contribution in [3.8, 4) is 5.75 Å². The summed E-state index contributed by atoms with van der Waals surface area (Å²) in [6.45, 7) is 7.21. The average Bonchev–Trinajstić information content (AvgIpc) is 2.35. The van der Waals surface area contributed by atoms with Crippen LogP contribution in [0.4, 0.5) is 10.1 Å². The molecule has 0 aliphatic carbocycles. The van der Waals surface area contributed by atoms with Gasteiger partial charge in [-0.25, -0.2) is 4.39 Å². The van der Waals surface area contributed by atoms with Crippen LogP contribution in [-0.2, 0) is 4.74 Å². The van der Waals surface area contributed by atoms with E-state index in [-0.39, 0.29) is 24.7 Å². The summed E-state index contributed by atoms with van der Waals surface area (Å²) in [6.07, 6.45) is 1.04. The number of anilines is 1. The number of rotatable bonds is 7. The fourth-order valence-electron chi connectivity index (χ4n) is 1.20. The molecule has 4 nitrogen and oxygen atoms in total. The molecule has 0 saturated carbocycles. The van der Waals surface area contributed by atoms with Crippen molar-refractivity contribution in [3.05, 3.63) is 60.8 Å². The number of benzene rings is 1. The van der Waals surface area contributed by atoms with Crippen molar-refractivity contribution in [2.24, 2.45) is 5.73 Å². The van der Waals surface area contributed by atoms with Gasteiger partial charge >= 0.3 is 0 Å². The van der Waals surface area contributed by atoms with E-state index in [9.17, 15) is 4.39 Å². The SMILES string of the molecule is C=C(N)/C=C(/F)C(=C)OCCOc1ccc(N)cc1. The van der Waals surface area contributed by atoms with Gasteiger partial charge in [0.1, 0.15) is 24.7 Å². The van der Waals surface area contributed by atoms with Crippen LogP contribution in [0.15, 0.2) is 60.8 Å². The summed E-state index contributed by atoms with van der Waals surface area (Å²) >= 11 is 0. The van der Waals surface area contributed by atoms with Gasteiger partial charge in [0.05, 0.1) is 0 Å². The Kier molecular flexibility index (Phi) is 5.47. The maximum atomic E-state index is 13.3. The summed E-state index contributed by atoms with van der Waals surface area (Å²) in [6, 6.07) is 6.93. The van der Waals surface area contributed by atoms with E-state index in [1.165, 1.54) is 0 Å². The first kappa shape index (κ1) is 14.6. The minimum absolute atomic E-state index is 0.0976. The number of nitrogen functional groups attached to an aromatic ring is 1. The van der Waals surface area contributed by atoms with Gasteiger partial charge in [-0.15, -0.1) is 0 Å². The Bertz CT molecular complexity index is 481. The van der Waals surface area contributed by atoms with Crippen molar-refractivity contribution < 1.29 is 13.9 Å². The molecule has 0 aliphatic rings. The van der Waals surface area contributed by atoms with Crippen LogP contribution in [0.25, 0.3) is 0 Å². The van der Waals surface area contributed by atoms with Gasteiger partial charge in [0.25, 0.3) is 0 Å². The summed E-state index contributed by atoms with van der Waals surface area (Å²) in [7, 11) is 0. The third-order valence-electron chi connectivity index (χ3n) is 2.09. The second-order valence-corrected chi connectivity index (χ2v) is 3.76. The third kappa shape index (κ3) is 5.63. The second-order valence-electron chi connectivity index (χ2n) is 3.76. The molecule has 0 radical (unpaired) electrons. The lowest BCUT2D eigenvalue weighted by molar-refractivity contribution is 0.156. The van der Waals surface area contributed by atoms with E-state index >= 15 is 0 Å². The number of halogens is 1. The zero-order chi connectivity index (χ0) is 14.3. The molecule has 102 valence electrons. The van der Waals surface area contributed by atoms with E-state index in [1.54, 1.807) is 24.3 Å². The van der Waals surface area contributed by atoms with E-state index < -0.39 is 5.83 Å². The van der Waals surface area contributed by atoms with Crippen molar-refractivity contribution in [3.63, 3.8) is 0 Å². The molecule has 0 spiro atoms. The van der Waals surface area contributed by atoms with Gasteiger partial charge in [0, 0.05) is 11.4 Å². The van der Waals surface area contributed by atoms with Gasteiger partial charge < -0.3 is 20.9 Å². The molecular formula is C14H17FN2O2. The summed E-state index contributed by atoms with van der Waals surface area (Å²) in [4.78, 5) is 0. The fourth-order valence-corrected chi connectivity index (χ4v) is 1.20. The monoisotopic (exact) mass is 264 g/mol. The van der Waals surface area contributed by atoms with E-state index in [0.29, 0.717) is 11.4 Å². The summed E-state index contributed by atoms with van der Waals surface area (Å²) in [5.74, 6) is -0.0951. The molecule has 0 bridgehead atoms. The normalized spacial score (nSPS) is 10.9. The lowest BCUT2D eigenvalue weighted by Gasteiger charge is -2.09. The smallest absolute Gasteiger partial charge is 0.166 e. The van der Waals surface area contributed by atoms with Crippen LogP contribution < -0.4 is 16.2 Å². The van der Waals surface area contributed by atoms with Gasteiger partial charge in [0.15, 0.2) is 5.83 Å². The summed E-state index contributed by atoms with van der Waals surface area (Å²) < 4.78 is 23.7. The van der Waals surface area contributed by atoms with Crippen LogP contribution >= 0.6 is 0 Å². The van der Waals surface area contributed by atoms with Crippen molar-refractivity contribution in [2.45, 2.75) is 0 Å². The number of hydrogen-bond acceptors (Lipinski definition) is 4. The number of allylic oxidation sites excluding steroid dienone is 2. The highest BCUT2D eigenvalue weighted by atomic mass is 19.1. The van der Waals surface area contributed by atoms with Gasteiger partial charge in [-0.1, -0.05) is 13.2 Å². The molecule has 0 fully saturated rings. The molecule has 0 unspecified atom stereocenters. The number of nitrogens with two attached hydrogens (primary N) is 2. The van der Waals surface area contributed by atoms with Crippen LogP contribution in [0.2, 0.25) is 0 Å². The highest BCUT2D eigenvalue weighted by Gasteiger charge is 2.03. The Morgan fingerprint density at radius 2 is 1.84 bits per heavy atom. The highest BCUT2D eigenvalue weighted by Crippen LogP contribution is 2.14. The predicted octanol–water partition coefficient (Wildman–Crippen LogP) is 2.50. The van der Waals surface area contributed by atoms with E-state index in [4.69, 9.17) is 20.9 Å². The zero-order valence-electron chi connectivity index (χ0n) is 10.6. The van der Waals surface area contributed by atoms with Crippen molar-refractivity contribution in [2.75, 3.05) is 18.9 Å². The first-order valence-corrected chi connectivity index (χ1v) is 5.61. The van der Waals surface area contributed by atoms with Crippen LogP contribution in [-0.4, -0.2) is 13.2 Å².